The Labute approximate surface area is 86.3 Å². The van der Waals surface area contributed by atoms with Crippen LogP contribution in [0.3, 0.4) is 0 Å². The van der Waals surface area contributed by atoms with E-state index >= 15 is 0 Å². The highest BCUT2D eigenvalue weighted by atomic mass is 16.3. The van der Waals surface area contributed by atoms with Crippen LogP contribution in [0.4, 0.5) is 0 Å². The van der Waals surface area contributed by atoms with Gasteiger partial charge in [0, 0.05) is 12.2 Å². The highest BCUT2D eigenvalue weighted by Crippen LogP contribution is 2.06. The maximum absolute atomic E-state index is 8.56. The summed E-state index contributed by atoms with van der Waals surface area (Å²) in [5.41, 5.74) is 1.91. The highest BCUT2D eigenvalue weighted by molar-refractivity contribution is 5.61. The Morgan fingerprint density at radius 3 is 2.36 bits per heavy atom. The van der Waals surface area contributed by atoms with E-state index in [2.05, 4.69) is 11.9 Å². The van der Waals surface area contributed by atoms with E-state index in [0.717, 1.165) is 11.3 Å². The smallest absolute Gasteiger partial charge is 0.0604 e. The normalized spacial score (nSPS) is 8.50. The first-order valence-electron chi connectivity index (χ1n) is 4.93. The lowest BCUT2D eigenvalue weighted by Crippen LogP contribution is -2.15. The molecule has 0 aliphatic rings. The van der Waals surface area contributed by atoms with Crippen LogP contribution in [-0.4, -0.2) is 18.3 Å². The molecule has 0 heterocycles. The summed E-state index contributed by atoms with van der Waals surface area (Å²) >= 11 is 0. The molecule has 78 valence electrons. The van der Waals surface area contributed by atoms with Gasteiger partial charge in [0.05, 0.1) is 6.61 Å². The third kappa shape index (κ3) is 4.67. The van der Waals surface area contributed by atoms with Crippen LogP contribution in [0.25, 0.3) is 5.70 Å². The van der Waals surface area contributed by atoms with Crippen LogP contribution in [0.2, 0.25) is 0 Å². The molecule has 0 unspecified atom stereocenters. The summed E-state index contributed by atoms with van der Waals surface area (Å²) in [6.07, 6.45) is 0. The molecule has 0 radical (unpaired) electrons. The number of benzene rings is 1. The number of aliphatic hydroxyl groups is 1. The van der Waals surface area contributed by atoms with Gasteiger partial charge in [-0.25, -0.2) is 0 Å². The minimum absolute atomic E-state index is 0.131. The molecule has 0 aliphatic carbocycles. The van der Waals surface area contributed by atoms with Gasteiger partial charge in [-0.05, 0) is 5.56 Å². The minimum atomic E-state index is 0.131. The maximum atomic E-state index is 8.56. The number of nitrogens with one attached hydrogen (secondary N) is 1. The molecule has 2 nitrogen and oxygen atoms in total. The van der Waals surface area contributed by atoms with Gasteiger partial charge in [0.15, 0.2) is 0 Å². The Morgan fingerprint density at radius 2 is 1.86 bits per heavy atom. The van der Waals surface area contributed by atoms with Crippen molar-refractivity contribution in [2.75, 3.05) is 13.2 Å². The second-order valence-electron chi connectivity index (χ2n) is 2.49. The topological polar surface area (TPSA) is 32.3 Å². The van der Waals surface area contributed by atoms with E-state index in [1.165, 1.54) is 0 Å². The zero-order valence-electron chi connectivity index (χ0n) is 8.96. The fourth-order valence-electron chi connectivity index (χ4n) is 0.948. The predicted molar refractivity (Wildman–Crippen MR) is 61.9 cm³/mol. The highest BCUT2D eigenvalue weighted by Gasteiger charge is 1.94. The predicted octanol–water partition coefficient (Wildman–Crippen LogP) is 2.27. The number of aliphatic hydroxyl groups excluding tert-OH is 1. The molecule has 0 fully saturated rings. The molecule has 0 bridgehead atoms. The summed E-state index contributed by atoms with van der Waals surface area (Å²) in [6.45, 7) is 8.52. The van der Waals surface area contributed by atoms with Crippen LogP contribution >= 0.6 is 0 Å². The Kier molecular flexibility index (Phi) is 7.56. The average Bonchev–Trinajstić information content (AvgIpc) is 2.30. The fourth-order valence-corrected chi connectivity index (χ4v) is 0.948. The van der Waals surface area contributed by atoms with Crippen LogP contribution in [0.5, 0.6) is 0 Å². The molecule has 14 heavy (non-hydrogen) atoms. The molecule has 1 aromatic rings. The van der Waals surface area contributed by atoms with E-state index in [1.807, 2.05) is 44.2 Å². The molecule has 1 aromatic carbocycles. The van der Waals surface area contributed by atoms with Crippen molar-refractivity contribution >= 4 is 5.70 Å². The monoisotopic (exact) mass is 193 g/mol. The van der Waals surface area contributed by atoms with Crippen molar-refractivity contribution in [3.8, 4) is 0 Å². The Morgan fingerprint density at radius 1 is 1.29 bits per heavy atom. The van der Waals surface area contributed by atoms with Crippen LogP contribution < -0.4 is 5.32 Å². The summed E-state index contributed by atoms with van der Waals surface area (Å²) in [5.74, 6) is 0. The number of hydrogen-bond acceptors (Lipinski definition) is 2. The third-order valence-corrected chi connectivity index (χ3v) is 1.57. The average molecular weight is 193 g/mol. The third-order valence-electron chi connectivity index (χ3n) is 1.57. The van der Waals surface area contributed by atoms with E-state index in [4.69, 9.17) is 5.11 Å². The molecular formula is C12H19NO. The van der Waals surface area contributed by atoms with Gasteiger partial charge in [0.1, 0.15) is 0 Å². The zero-order chi connectivity index (χ0) is 10.8. The summed E-state index contributed by atoms with van der Waals surface area (Å²) in [4.78, 5) is 0. The van der Waals surface area contributed by atoms with Gasteiger partial charge in [0.2, 0.25) is 0 Å². The van der Waals surface area contributed by atoms with Crippen molar-refractivity contribution in [3.63, 3.8) is 0 Å². The lowest BCUT2D eigenvalue weighted by atomic mass is 10.2. The molecule has 2 heteroatoms. The fraction of sp³-hybridized carbons (Fsp3) is 0.333. The van der Waals surface area contributed by atoms with Gasteiger partial charge in [-0.1, -0.05) is 50.8 Å². The second kappa shape index (κ2) is 8.32. The molecule has 2 N–H and O–H groups in total. The Hall–Kier alpha value is -1.28. The van der Waals surface area contributed by atoms with Crippen molar-refractivity contribution in [1.29, 1.82) is 0 Å². The summed E-state index contributed by atoms with van der Waals surface area (Å²) in [7, 11) is 0. The quantitative estimate of drug-likeness (QED) is 0.768. The van der Waals surface area contributed by atoms with Gasteiger partial charge in [-0.3, -0.25) is 0 Å². The van der Waals surface area contributed by atoms with Gasteiger partial charge in [0.25, 0.3) is 0 Å². The van der Waals surface area contributed by atoms with Crippen LogP contribution in [0.1, 0.15) is 19.4 Å². The SMILES string of the molecule is C=C(NCCO)c1ccccc1.CC. The zero-order valence-corrected chi connectivity index (χ0v) is 8.96. The van der Waals surface area contributed by atoms with Gasteiger partial charge < -0.3 is 10.4 Å². The first-order valence-corrected chi connectivity index (χ1v) is 4.93. The van der Waals surface area contributed by atoms with Gasteiger partial charge >= 0.3 is 0 Å². The first kappa shape index (κ1) is 12.7. The lowest BCUT2D eigenvalue weighted by Gasteiger charge is -2.07. The first-order chi connectivity index (χ1) is 6.84. The van der Waals surface area contributed by atoms with Crippen LogP contribution in [0, 0.1) is 0 Å². The van der Waals surface area contributed by atoms with Gasteiger partial charge in [-0.15, -0.1) is 0 Å². The Balaban J connectivity index is 0.000000791. The van der Waals surface area contributed by atoms with E-state index in [1.54, 1.807) is 0 Å². The second-order valence-corrected chi connectivity index (χ2v) is 2.49. The van der Waals surface area contributed by atoms with Gasteiger partial charge in [-0.2, -0.15) is 0 Å². The molecule has 0 saturated carbocycles. The van der Waals surface area contributed by atoms with Crippen LogP contribution in [-0.2, 0) is 0 Å². The van der Waals surface area contributed by atoms with E-state index in [0.29, 0.717) is 6.54 Å². The Bertz CT molecular complexity index is 244. The minimum Gasteiger partial charge on any atom is -0.395 e. The molecule has 0 saturated heterocycles. The summed E-state index contributed by atoms with van der Waals surface area (Å²) in [6, 6.07) is 9.84. The summed E-state index contributed by atoms with van der Waals surface area (Å²) < 4.78 is 0. The van der Waals surface area contributed by atoms with Crippen molar-refractivity contribution in [1.82, 2.24) is 5.32 Å². The van der Waals surface area contributed by atoms with E-state index < -0.39 is 0 Å². The van der Waals surface area contributed by atoms with Crippen molar-refractivity contribution in [2.24, 2.45) is 0 Å². The summed E-state index contributed by atoms with van der Waals surface area (Å²) in [5, 5.41) is 11.6. The number of rotatable bonds is 4. The molecule has 0 aliphatic heterocycles. The standard InChI is InChI=1S/C10H13NO.C2H6/c1-9(11-7-8-12)10-5-3-2-4-6-10;1-2/h2-6,11-12H,1,7-8H2;1-2H3. The largest absolute Gasteiger partial charge is 0.395 e. The van der Waals surface area contributed by atoms with Crippen molar-refractivity contribution in [2.45, 2.75) is 13.8 Å². The molecule has 0 spiro atoms. The molecule has 0 amide bonds. The van der Waals surface area contributed by atoms with Crippen molar-refractivity contribution in [3.05, 3.63) is 42.5 Å². The molecule has 0 aromatic heterocycles. The molecular weight excluding hydrogens is 174 g/mol. The van der Waals surface area contributed by atoms with Crippen LogP contribution in [0.15, 0.2) is 36.9 Å². The van der Waals surface area contributed by atoms with Crippen molar-refractivity contribution < 1.29 is 5.11 Å². The lowest BCUT2D eigenvalue weighted by molar-refractivity contribution is 0.299. The number of hydrogen-bond donors (Lipinski definition) is 2. The molecule has 0 atom stereocenters. The van der Waals surface area contributed by atoms with E-state index in [-0.39, 0.29) is 6.61 Å². The molecule has 1 rings (SSSR count). The maximum Gasteiger partial charge on any atom is 0.0604 e. The van der Waals surface area contributed by atoms with E-state index in [9.17, 15) is 0 Å².